The second-order valence-electron chi connectivity index (χ2n) is 6.14. The number of rotatable bonds is 6. The van der Waals surface area contributed by atoms with E-state index >= 15 is 0 Å². The molecule has 2 rings (SSSR count). The van der Waals surface area contributed by atoms with Gasteiger partial charge in [-0.1, -0.05) is 0 Å². The molecule has 1 aromatic rings. The van der Waals surface area contributed by atoms with Crippen molar-refractivity contribution < 1.29 is 24.2 Å². The third-order valence-corrected chi connectivity index (χ3v) is 5.01. The van der Waals surface area contributed by atoms with Gasteiger partial charge in [0.15, 0.2) is 5.71 Å². The van der Waals surface area contributed by atoms with Gasteiger partial charge in [-0.25, -0.2) is 9.40 Å². The molecular formula is C16H19ClFIN4O4. The molecule has 1 aliphatic rings. The van der Waals surface area contributed by atoms with E-state index in [1.54, 1.807) is 6.07 Å². The lowest BCUT2D eigenvalue weighted by molar-refractivity contribution is -0.133. The fourth-order valence-corrected chi connectivity index (χ4v) is 3.20. The topological polar surface area (TPSA) is 114 Å². The van der Waals surface area contributed by atoms with Crippen molar-refractivity contribution >= 4 is 57.4 Å². The van der Waals surface area contributed by atoms with Gasteiger partial charge >= 0.3 is 0 Å². The number of aliphatic hydroxyl groups excluding tert-OH is 2. The zero-order valence-corrected chi connectivity index (χ0v) is 17.5. The van der Waals surface area contributed by atoms with Crippen molar-refractivity contribution in [2.75, 3.05) is 25.5 Å². The van der Waals surface area contributed by atoms with Gasteiger partial charge in [0, 0.05) is 17.2 Å². The van der Waals surface area contributed by atoms with Crippen LogP contribution in [-0.4, -0.2) is 70.0 Å². The summed E-state index contributed by atoms with van der Waals surface area (Å²) in [5.41, 5.74) is -0.0989. The van der Waals surface area contributed by atoms with E-state index in [1.807, 2.05) is 22.6 Å². The van der Waals surface area contributed by atoms with Crippen LogP contribution < -0.4 is 10.6 Å². The van der Waals surface area contributed by atoms with E-state index < -0.39 is 41.3 Å². The number of hydrogen-bond donors (Lipinski definition) is 4. The molecule has 4 N–H and O–H groups in total. The minimum absolute atomic E-state index is 0.0561. The number of carbonyl (C=O) groups excluding carboxylic acids is 2. The first kappa shape index (κ1) is 21.8. The van der Waals surface area contributed by atoms with Gasteiger partial charge in [0.1, 0.15) is 16.7 Å². The maximum Gasteiger partial charge on any atom is 0.269 e. The predicted octanol–water partition coefficient (Wildman–Crippen LogP) is 0.506. The molecular weight excluding hydrogens is 494 g/mol. The zero-order valence-electron chi connectivity index (χ0n) is 14.5. The molecule has 0 aromatic heterocycles. The summed E-state index contributed by atoms with van der Waals surface area (Å²) in [6.07, 6.45) is -1.15. The molecule has 1 aliphatic heterocycles. The molecule has 0 aliphatic carbocycles. The van der Waals surface area contributed by atoms with Crippen molar-refractivity contribution in [3.63, 3.8) is 0 Å². The first-order valence-corrected chi connectivity index (χ1v) is 9.37. The van der Waals surface area contributed by atoms with Crippen molar-refractivity contribution in [3.8, 4) is 0 Å². The molecule has 3 atom stereocenters. The highest BCUT2D eigenvalue weighted by Gasteiger charge is 2.50. The molecule has 148 valence electrons. The molecule has 3 unspecified atom stereocenters. The van der Waals surface area contributed by atoms with E-state index in [4.69, 9.17) is 16.7 Å². The number of alkyl halides is 1. The third-order valence-electron chi connectivity index (χ3n) is 3.96. The lowest BCUT2D eigenvalue weighted by atomic mass is 9.92. The first-order valence-electron chi connectivity index (χ1n) is 7.92. The van der Waals surface area contributed by atoms with E-state index in [0.717, 1.165) is 5.01 Å². The van der Waals surface area contributed by atoms with Crippen molar-refractivity contribution in [3.05, 3.63) is 27.6 Å². The second kappa shape index (κ2) is 8.67. The monoisotopic (exact) mass is 512 g/mol. The van der Waals surface area contributed by atoms with Crippen LogP contribution in [0.5, 0.6) is 0 Å². The molecule has 11 heteroatoms. The molecule has 27 heavy (non-hydrogen) atoms. The van der Waals surface area contributed by atoms with Gasteiger partial charge in [-0.05, 0) is 47.7 Å². The SMILES string of the molecule is CN1N=C(C(=O)NCC(O)CO)C(Nc2ccc(I)cc2F)C(C)(Cl)C1=O. The van der Waals surface area contributed by atoms with Gasteiger partial charge < -0.3 is 20.8 Å². The maximum absolute atomic E-state index is 14.3. The molecule has 1 heterocycles. The number of hydrazone groups is 1. The highest BCUT2D eigenvalue weighted by Crippen LogP contribution is 2.31. The van der Waals surface area contributed by atoms with Crippen LogP contribution in [0.15, 0.2) is 23.3 Å². The average molecular weight is 513 g/mol. The molecule has 0 fully saturated rings. The summed E-state index contributed by atoms with van der Waals surface area (Å²) in [5.74, 6) is -1.85. The second-order valence-corrected chi connectivity index (χ2v) is 8.17. The minimum Gasteiger partial charge on any atom is -0.394 e. The summed E-state index contributed by atoms with van der Waals surface area (Å²) >= 11 is 8.37. The van der Waals surface area contributed by atoms with Crippen molar-refractivity contribution in [2.45, 2.75) is 23.9 Å². The number of nitrogens with one attached hydrogen (secondary N) is 2. The number of hydrogen-bond acceptors (Lipinski definition) is 6. The summed E-state index contributed by atoms with van der Waals surface area (Å²) in [6, 6.07) is 3.28. The van der Waals surface area contributed by atoms with Crippen LogP contribution in [0.1, 0.15) is 6.92 Å². The van der Waals surface area contributed by atoms with Gasteiger partial charge in [-0.2, -0.15) is 5.10 Å². The van der Waals surface area contributed by atoms with E-state index in [1.165, 1.54) is 26.1 Å². The van der Waals surface area contributed by atoms with Crippen LogP contribution in [0, 0.1) is 9.39 Å². The summed E-state index contributed by atoms with van der Waals surface area (Å²) in [5, 5.41) is 28.4. The van der Waals surface area contributed by atoms with E-state index in [-0.39, 0.29) is 17.9 Å². The largest absolute Gasteiger partial charge is 0.394 e. The Morgan fingerprint density at radius 3 is 2.81 bits per heavy atom. The smallest absolute Gasteiger partial charge is 0.269 e. The predicted molar refractivity (Wildman–Crippen MR) is 107 cm³/mol. The Labute approximate surface area is 173 Å². The number of nitrogens with zero attached hydrogens (tertiary/aromatic N) is 2. The van der Waals surface area contributed by atoms with Crippen LogP contribution in [-0.2, 0) is 9.59 Å². The molecule has 8 nitrogen and oxygen atoms in total. The van der Waals surface area contributed by atoms with E-state index in [9.17, 15) is 19.1 Å². The normalized spacial score (nSPS) is 23.7. The maximum atomic E-state index is 14.3. The quantitative estimate of drug-likeness (QED) is 0.328. The number of carbonyl (C=O) groups is 2. The Kier molecular flexibility index (Phi) is 7.00. The summed E-state index contributed by atoms with van der Waals surface area (Å²) < 4.78 is 14.9. The van der Waals surface area contributed by atoms with Crippen molar-refractivity contribution in [1.82, 2.24) is 10.3 Å². The lowest BCUT2D eigenvalue weighted by Crippen LogP contribution is -2.62. The lowest BCUT2D eigenvalue weighted by Gasteiger charge is -2.38. The van der Waals surface area contributed by atoms with Crippen molar-refractivity contribution in [1.29, 1.82) is 0 Å². The summed E-state index contributed by atoms with van der Waals surface area (Å²) in [4.78, 5) is 23.3. The van der Waals surface area contributed by atoms with Crippen molar-refractivity contribution in [2.24, 2.45) is 5.10 Å². The molecule has 0 radical (unpaired) electrons. The van der Waals surface area contributed by atoms with Gasteiger partial charge in [-0.15, -0.1) is 11.6 Å². The van der Waals surface area contributed by atoms with Crippen LogP contribution in [0.2, 0.25) is 0 Å². The molecule has 0 spiro atoms. The van der Waals surface area contributed by atoms with Crippen LogP contribution in [0.25, 0.3) is 0 Å². The Morgan fingerprint density at radius 1 is 1.56 bits per heavy atom. The molecule has 1 aromatic carbocycles. The number of benzene rings is 1. The number of anilines is 1. The molecule has 0 saturated heterocycles. The van der Waals surface area contributed by atoms with Crippen LogP contribution >= 0.6 is 34.2 Å². The van der Waals surface area contributed by atoms with Gasteiger partial charge in [0.05, 0.1) is 18.4 Å². The number of halogens is 3. The molecule has 0 saturated carbocycles. The Hall–Kier alpha value is -1.50. The van der Waals surface area contributed by atoms with Gasteiger partial charge in [0.25, 0.3) is 11.8 Å². The average Bonchev–Trinajstić information content (AvgIpc) is 2.61. The minimum atomic E-state index is -1.62. The van der Waals surface area contributed by atoms with Gasteiger partial charge in [0.2, 0.25) is 0 Å². The number of aliphatic hydroxyl groups is 2. The zero-order chi connectivity index (χ0) is 20.4. The first-order chi connectivity index (χ1) is 12.6. The van der Waals surface area contributed by atoms with Gasteiger partial charge in [-0.3, -0.25) is 9.59 Å². The Morgan fingerprint density at radius 2 is 2.22 bits per heavy atom. The molecule has 0 bridgehead atoms. The fraction of sp³-hybridized carbons (Fsp3) is 0.438. The van der Waals surface area contributed by atoms with E-state index in [2.05, 4.69) is 15.7 Å². The highest BCUT2D eigenvalue weighted by molar-refractivity contribution is 14.1. The third kappa shape index (κ3) is 4.86. The van der Waals surface area contributed by atoms with Crippen LogP contribution in [0.4, 0.5) is 10.1 Å². The van der Waals surface area contributed by atoms with E-state index in [0.29, 0.717) is 3.57 Å². The fourth-order valence-electron chi connectivity index (χ4n) is 2.47. The standard InChI is InChI=1S/C16H19ClFIN4O4/c1-16(17)13(21-11-4-3-8(19)5-10(11)18)12(22-23(2)15(16)27)14(26)20-6-9(25)7-24/h3-5,9,13,21,24-25H,6-7H2,1-2H3,(H,20,26). The van der Waals surface area contributed by atoms with Crippen LogP contribution in [0.3, 0.4) is 0 Å². The summed E-state index contributed by atoms with van der Waals surface area (Å²) in [6.45, 7) is 0.643. The number of amides is 2. The Balaban J connectivity index is 2.36. The highest BCUT2D eigenvalue weighted by atomic mass is 127. The Bertz CT molecular complexity index is 777. The summed E-state index contributed by atoms with van der Waals surface area (Å²) in [7, 11) is 1.35. The molecule has 2 amide bonds.